The lowest BCUT2D eigenvalue weighted by Gasteiger charge is -2.37. The third kappa shape index (κ3) is 4.41. The number of nitrogens with one attached hydrogen (secondary N) is 1. The van der Waals surface area contributed by atoms with Crippen LogP contribution < -0.4 is 15.0 Å². The Bertz CT molecular complexity index is 1330. The number of carbonyl (C=O) groups excluding carboxylic acids is 1. The van der Waals surface area contributed by atoms with Gasteiger partial charge in [0.2, 0.25) is 5.75 Å². The lowest BCUT2D eigenvalue weighted by Crippen LogP contribution is -2.44. The van der Waals surface area contributed by atoms with Gasteiger partial charge < -0.3 is 25.0 Å². The molecule has 1 aromatic heterocycles. The van der Waals surface area contributed by atoms with Gasteiger partial charge in [0.1, 0.15) is 11.4 Å². The van der Waals surface area contributed by atoms with Crippen molar-refractivity contribution in [3.63, 3.8) is 0 Å². The number of phenolic OH excluding ortho intramolecular Hbond substituents is 1. The quantitative estimate of drug-likeness (QED) is 0.378. The molecule has 11 heteroatoms. The maximum atomic E-state index is 13.1. The molecule has 0 radical (unpaired) electrons. The molecule has 1 saturated heterocycles. The number of hydrogen-bond donors (Lipinski definition) is 2. The number of aromatic hydroxyl groups is 1. The van der Waals surface area contributed by atoms with E-state index in [1.54, 1.807) is 36.1 Å². The van der Waals surface area contributed by atoms with Gasteiger partial charge in [0.25, 0.3) is 5.91 Å². The molecular formula is C25H30N6O5. The van der Waals surface area contributed by atoms with E-state index in [1.165, 1.54) is 26.0 Å². The van der Waals surface area contributed by atoms with Gasteiger partial charge in [-0.1, -0.05) is 0 Å². The number of aryl methyl sites for hydroxylation is 1. The second-order valence-corrected chi connectivity index (χ2v) is 9.57. The summed E-state index contributed by atoms with van der Waals surface area (Å²) in [6.07, 6.45) is 6.06. The van der Waals surface area contributed by atoms with Gasteiger partial charge in [0, 0.05) is 49.9 Å². The minimum Gasteiger partial charge on any atom is -0.501 e. The molecule has 11 nitrogen and oxygen atoms in total. The summed E-state index contributed by atoms with van der Waals surface area (Å²) < 4.78 is 7.04. The maximum Gasteiger partial charge on any atom is 0.334 e. The minimum absolute atomic E-state index is 0.179. The van der Waals surface area contributed by atoms with Crippen LogP contribution >= 0.6 is 0 Å². The standard InChI is InChI=1S/C25H30N6O5/c1-28-14-15-12-20(22(36-3)13-19(15)27-28)26-25(33)18-6-7-21(23(24(18)32)31(34)35)30-10-8-17(9-11-30)29(2)16-4-5-16/h6-7,12-14,16-17,32H,4-5,8-11H2,1-3H3,(H,26,33). The van der Waals surface area contributed by atoms with Crippen molar-refractivity contribution >= 4 is 33.9 Å². The largest absolute Gasteiger partial charge is 0.501 e. The molecule has 36 heavy (non-hydrogen) atoms. The first-order valence-corrected chi connectivity index (χ1v) is 12.1. The number of fused-ring (bicyclic) bond motifs is 1. The molecule has 0 bridgehead atoms. The van der Waals surface area contributed by atoms with Crippen LogP contribution in [0.1, 0.15) is 36.0 Å². The fourth-order valence-electron chi connectivity index (χ4n) is 5.11. The highest BCUT2D eigenvalue weighted by Gasteiger charge is 2.35. The van der Waals surface area contributed by atoms with Gasteiger partial charge in [-0.3, -0.25) is 19.6 Å². The van der Waals surface area contributed by atoms with Crippen LogP contribution in [0.3, 0.4) is 0 Å². The highest BCUT2D eigenvalue weighted by molar-refractivity contribution is 6.09. The van der Waals surface area contributed by atoms with Crippen molar-refractivity contribution in [1.82, 2.24) is 14.7 Å². The summed E-state index contributed by atoms with van der Waals surface area (Å²) in [4.78, 5) is 28.8. The monoisotopic (exact) mass is 494 g/mol. The van der Waals surface area contributed by atoms with E-state index < -0.39 is 22.3 Å². The highest BCUT2D eigenvalue weighted by Crippen LogP contribution is 2.41. The van der Waals surface area contributed by atoms with E-state index in [0.29, 0.717) is 47.8 Å². The Labute approximate surface area is 208 Å². The highest BCUT2D eigenvalue weighted by atomic mass is 16.6. The van der Waals surface area contributed by atoms with Crippen molar-refractivity contribution in [2.45, 2.75) is 37.8 Å². The lowest BCUT2D eigenvalue weighted by atomic mass is 10.0. The number of rotatable bonds is 7. The average molecular weight is 495 g/mol. The topological polar surface area (TPSA) is 126 Å². The number of amides is 1. The number of carbonyl (C=O) groups is 1. The summed E-state index contributed by atoms with van der Waals surface area (Å²) in [5.74, 6) is -0.929. The van der Waals surface area contributed by atoms with Gasteiger partial charge in [0.05, 0.1) is 28.8 Å². The van der Waals surface area contributed by atoms with E-state index in [0.717, 1.165) is 18.2 Å². The summed E-state index contributed by atoms with van der Waals surface area (Å²) in [5, 5.41) is 30.7. The van der Waals surface area contributed by atoms with Crippen LogP contribution in [-0.2, 0) is 7.05 Å². The third-order valence-electron chi connectivity index (χ3n) is 7.25. The Kier molecular flexibility index (Phi) is 6.17. The first-order chi connectivity index (χ1) is 17.3. The molecule has 0 unspecified atom stereocenters. The molecule has 1 aliphatic heterocycles. The van der Waals surface area contributed by atoms with Crippen molar-refractivity contribution in [2.24, 2.45) is 7.05 Å². The summed E-state index contributed by atoms with van der Waals surface area (Å²) in [6.45, 7) is 1.30. The third-order valence-corrected chi connectivity index (χ3v) is 7.25. The molecule has 2 aliphatic rings. The average Bonchev–Trinajstić information content (AvgIpc) is 3.64. The Morgan fingerprint density at radius 3 is 2.56 bits per heavy atom. The molecule has 0 spiro atoms. The van der Waals surface area contributed by atoms with Crippen molar-refractivity contribution in [3.8, 4) is 11.5 Å². The van der Waals surface area contributed by atoms with E-state index in [4.69, 9.17) is 4.74 Å². The van der Waals surface area contributed by atoms with E-state index in [9.17, 15) is 20.0 Å². The molecule has 0 atom stereocenters. The number of anilines is 2. The SMILES string of the molecule is COc1cc2nn(C)cc2cc1NC(=O)c1ccc(N2CCC(N(C)C3CC3)CC2)c([N+](=O)[O-])c1O. The number of ether oxygens (including phenoxy) is 1. The maximum absolute atomic E-state index is 13.1. The first-order valence-electron chi connectivity index (χ1n) is 12.1. The van der Waals surface area contributed by atoms with Crippen molar-refractivity contribution in [1.29, 1.82) is 0 Å². The number of nitro benzene ring substituents is 1. The van der Waals surface area contributed by atoms with Crippen LogP contribution in [0.5, 0.6) is 11.5 Å². The number of phenols is 1. The van der Waals surface area contributed by atoms with Crippen LogP contribution in [0.15, 0.2) is 30.5 Å². The normalized spacial score (nSPS) is 16.5. The Hall–Kier alpha value is -3.86. The Morgan fingerprint density at radius 1 is 1.22 bits per heavy atom. The summed E-state index contributed by atoms with van der Waals surface area (Å²) in [6, 6.07) is 7.51. The number of benzene rings is 2. The van der Waals surface area contributed by atoms with Crippen molar-refractivity contribution in [3.05, 3.63) is 46.1 Å². The summed E-state index contributed by atoms with van der Waals surface area (Å²) >= 11 is 0. The van der Waals surface area contributed by atoms with E-state index >= 15 is 0 Å². The Balaban J connectivity index is 1.39. The number of nitro groups is 1. The zero-order chi connectivity index (χ0) is 25.6. The molecule has 2 fully saturated rings. The first kappa shape index (κ1) is 23.9. The number of hydrogen-bond acceptors (Lipinski definition) is 8. The molecule has 1 aliphatic carbocycles. The predicted molar refractivity (Wildman–Crippen MR) is 136 cm³/mol. The van der Waals surface area contributed by atoms with Crippen LogP contribution in [-0.4, -0.2) is 69.9 Å². The molecule has 5 rings (SSSR count). The molecule has 3 aromatic rings. The van der Waals surface area contributed by atoms with Crippen LogP contribution in [0.2, 0.25) is 0 Å². The number of methoxy groups -OCH3 is 1. The van der Waals surface area contributed by atoms with Gasteiger partial charge >= 0.3 is 5.69 Å². The summed E-state index contributed by atoms with van der Waals surface area (Å²) in [7, 11) is 5.42. The van der Waals surface area contributed by atoms with Gasteiger partial charge in [-0.2, -0.15) is 5.10 Å². The molecule has 2 N–H and O–H groups in total. The van der Waals surface area contributed by atoms with Gasteiger partial charge in [-0.15, -0.1) is 0 Å². The molecular weight excluding hydrogens is 464 g/mol. The number of nitrogens with zero attached hydrogens (tertiary/aromatic N) is 5. The second-order valence-electron chi connectivity index (χ2n) is 9.57. The Morgan fingerprint density at radius 2 is 1.92 bits per heavy atom. The molecule has 1 amide bonds. The van der Waals surface area contributed by atoms with Gasteiger partial charge in [-0.05, 0) is 50.9 Å². The fourth-order valence-corrected chi connectivity index (χ4v) is 5.11. The minimum atomic E-state index is -0.673. The zero-order valence-corrected chi connectivity index (χ0v) is 20.6. The number of piperidine rings is 1. The molecule has 2 heterocycles. The zero-order valence-electron chi connectivity index (χ0n) is 20.6. The van der Waals surface area contributed by atoms with E-state index in [1.807, 2.05) is 4.90 Å². The van der Waals surface area contributed by atoms with Crippen molar-refractivity contribution in [2.75, 3.05) is 37.5 Å². The van der Waals surface area contributed by atoms with E-state index in [-0.39, 0.29) is 5.56 Å². The molecule has 190 valence electrons. The molecule has 1 saturated carbocycles. The second kappa shape index (κ2) is 9.30. The molecule has 2 aromatic carbocycles. The van der Waals surface area contributed by atoms with Crippen LogP contribution in [0, 0.1) is 10.1 Å². The smallest absolute Gasteiger partial charge is 0.334 e. The van der Waals surface area contributed by atoms with Gasteiger partial charge in [-0.25, -0.2) is 0 Å². The van der Waals surface area contributed by atoms with Crippen LogP contribution in [0.4, 0.5) is 17.1 Å². The lowest BCUT2D eigenvalue weighted by molar-refractivity contribution is -0.385. The fraction of sp³-hybridized carbons (Fsp3) is 0.440. The number of aromatic nitrogens is 2. The summed E-state index contributed by atoms with van der Waals surface area (Å²) in [5.41, 5.74) is 0.766. The van der Waals surface area contributed by atoms with E-state index in [2.05, 4.69) is 22.4 Å². The van der Waals surface area contributed by atoms with Crippen molar-refractivity contribution < 1.29 is 19.6 Å². The predicted octanol–water partition coefficient (Wildman–Crippen LogP) is 3.51. The van der Waals surface area contributed by atoms with Crippen LogP contribution in [0.25, 0.3) is 10.9 Å². The van der Waals surface area contributed by atoms with Gasteiger partial charge in [0.15, 0.2) is 0 Å².